The number of aromatic nitrogens is 4. The van der Waals surface area contributed by atoms with Crippen molar-refractivity contribution < 1.29 is 17.9 Å². The van der Waals surface area contributed by atoms with Gasteiger partial charge in [0.15, 0.2) is 5.65 Å². The van der Waals surface area contributed by atoms with Gasteiger partial charge in [0, 0.05) is 28.4 Å². The minimum absolute atomic E-state index is 0.310. The lowest BCUT2D eigenvalue weighted by Gasteiger charge is -2.11. The summed E-state index contributed by atoms with van der Waals surface area (Å²) in [6.07, 6.45) is -2.63. The van der Waals surface area contributed by atoms with Crippen molar-refractivity contribution in [3.63, 3.8) is 0 Å². The molecule has 0 N–H and O–H groups in total. The molecule has 3 heterocycles. The van der Waals surface area contributed by atoms with Crippen LogP contribution in [-0.2, 0) is 6.18 Å². The Morgan fingerprint density at radius 1 is 0.946 bits per heavy atom. The van der Waals surface area contributed by atoms with Crippen LogP contribution in [0.25, 0.3) is 39.3 Å². The lowest BCUT2D eigenvalue weighted by atomic mass is 10.0. The predicted octanol–water partition coefficient (Wildman–Crippen LogP) is 8.24. The lowest BCUT2D eigenvalue weighted by Crippen LogP contribution is -2.08. The van der Waals surface area contributed by atoms with Crippen molar-refractivity contribution in [2.24, 2.45) is 0 Å². The summed E-state index contributed by atoms with van der Waals surface area (Å²) in [5, 5.41) is 5.90. The molecule has 0 amide bonds. The van der Waals surface area contributed by atoms with Gasteiger partial charge in [0.25, 0.3) is 0 Å². The SMILES string of the molecule is CCCOc1cc(-c2ccc(C(F)(F)F)nc2)n2nc(-c3ccccc3Cl)c(-c3ccc(Cl)cc3)c2n1. The Balaban J connectivity index is 1.82. The first-order chi connectivity index (χ1) is 17.8. The van der Waals surface area contributed by atoms with E-state index in [0.717, 1.165) is 18.1 Å². The molecule has 0 unspecified atom stereocenters. The largest absolute Gasteiger partial charge is 0.478 e. The van der Waals surface area contributed by atoms with E-state index >= 15 is 0 Å². The van der Waals surface area contributed by atoms with Crippen molar-refractivity contribution in [1.82, 2.24) is 19.6 Å². The molecule has 5 aromatic rings. The highest BCUT2D eigenvalue weighted by Gasteiger charge is 2.32. The summed E-state index contributed by atoms with van der Waals surface area (Å²) in [5.74, 6) is 0.310. The highest BCUT2D eigenvalue weighted by atomic mass is 35.5. The Labute approximate surface area is 220 Å². The Kier molecular flexibility index (Phi) is 6.79. The summed E-state index contributed by atoms with van der Waals surface area (Å²) in [6, 6.07) is 18.4. The maximum atomic E-state index is 13.1. The monoisotopic (exact) mass is 542 g/mol. The van der Waals surface area contributed by atoms with Crippen molar-refractivity contribution in [3.8, 4) is 39.5 Å². The summed E-state index contributed by atoms with van der Waals surface area (Å²) < 4.78 is 46.9. The summed E-state index contributed by atoms with van der Waals surface area (Å²) in [4.78, 5) is 8.36. The highest BCUT2D eigenvalue weighted by molar-refractivity contribution is 6.33. The second-order valence-electron chi connectivity index (χ2n) is 8.20. The van der Waals surface area contributed by atoms with Crippen molar-refractivity contribution in [1.29, 1.82) is 0 Å². The molecule has 0 aliphatic rings. The summed E-state index contributed by atoms with van der Waals surface area (Å²) >= 11 is 12.7. The van der Waals surface area contributed by atoms with Gasteiger partial charge in [-0.25, -0.2) is 4.52 Å². The zero-order valence-electron chi connectivity index (χ0n) is 19.4. The molecule has 0 saturated carbocycles. The molecule has 0 bridgehead atoms. The lowest BCUT2D eigenvalue weighted by molar-refractivity contribution is -0.141. The minimum atomic E-state index is -4.55. The van der Waals surface area contributed by atoms with E-state index in [1.165, 1.54) is 12.3 Å². The van der Waals surface area contributed by atoms with Gasteiger partial charge >= 0.3 is 6.18 Å². The zero-order chi connectivity index (χ0) is 26.2. The number of ether oxygens (including phenoxy) is 1. The topological polar surface area (TPSA) is 52.3 Å². The molecule has 0 fully saturated rings. The molecule has 5 rings (SSSR count). The molecule has 0 radical (unpaired) electrons. The quantitative estimate of drug-likeness (QED) is 0.217. The average Bonchev–Trinajstić information content (AvgIpc) is 3.26. The van der Waals surface area contributed by atoms with Crippen molar-refractivity contribution in [3.05, 3.63) is 88.7 Å². The molecule has 5 nitrogen and oxygen atoms in total. The Morgan fingerprint density at radius 3 is 2.32 bits per heavy atom. The fraction of sp³-hybridized carbons (Fsp3) is 0.148. The van der Waals surface area contributed by atoms with Crippen molar-refractivity contribution in [2.75, 3.05) is 6.61 Å². The zero-order valence-corrected chi connectivity index (χ0v) is 20.9. The predicted molar refractivity (Wildman–Crippen MR) is 138 cm³/mol. The minimum Gasteiger partial charge on any atom is -0.478 e. The molecular weight excluding hydrogens is 524 g/mol. The van der Waals surface area contributed by atoms with Crippen LogP contribution in [0.1, 0.15) is 19.0 Å². The van der Waals surface area contributed by atoms with E-state index < -0.39 is 11.9 Å². The summed E-state index contributed by atoms with van der Waals surface area (Å²) in [6.45, 7) is 2.38. The number of pyridine rings is 1. The molecule has 37 heavy (non-hydrogen) atoms. The highest BCUT2D eigenvalue weighted by Crippen LogP contribution is 2.40. The number of halogens is 5. The number of fused-ring (bicyclic) bond motifs is 1. The van der Waals surface area contributed by atoms with Gasteiger partial charge in [-0.05, 0) is 42.3 Å². The van der Waals surface area contributed by atoms with E-state index in [1.54, 1.807) is 28.8 Å². The van der Waals surface area contributed by atoms with Crippen LogP contribution in [0.3, 0.4) is 0 Å². The van der Waals surface area contributed by atoms with Gasteiger partial charge in [0.1, 0.15) is 11.4 Å². The molecule has 188 valence electrons. The van der Waals surface area contributed by atoms with Crippen LogP contribution in [0.2, 0.25) is 10.0 Å². The van der Waals surface area contributed by atoms with E-state index in [2.05, 4.69) is 4.98 Å². The van der Waals surface area contributed by atoms with E-state index in [4.69, 9.17) is 38.0 Å². The maximum absolute atomic E-state index is 13.1. The van der Waals surface area contributed by atoms with Gasteiger partial charge in [0.05, 0.1) is 22.9 Å². The van der Waals surface area contributed by atoms with Crippen LogP contribution in [0.4, 0.5) is 13.2 Å². The third-order valence-corrected chi connectivity index (χ3v) is 6.21. The number of nitrogens with zero attached hydrogens (tertiary/aromatic N) is 4. The van der Waals surface area contributed by atoms with Crippen LogP contribution in [0.5, 0.6) is 5.88 Å². The molecule has 2 aromatic carbocycles. The Morgan fingerprint density at radius 2 is 1.68 bits per heavy atom. The van der Waals surface area contributed by atoms with Crippen LogP contribution in [0, 0.1) is 0 Å². The van der Waals surface area contributed by atoms with Gasteiger partial charge in [-0.1, -0.05) is 60.5 Å². The van der Waals surface area contributed by atoms with Crippen LogP contribution >= 0.6 is 23.2 Å². The smallest absolute Gasteiger partial charge is 0.433 e. The fourth-order valence-electron chi connectivity index (χ4n) is 3.92. The van der Waals surface area contributed by atoms with Crippen LogP contribution in [0.15, 0.2) is 72.9 Å². The van der Waals surface area contributed by atoms with Crippen LogP contribution in [-0.4, -0.2) is 26.2 Å². The molecular formula is C27H19Cl2F3N4O. The number of hydrogen-bond donors (Lipinski definition) is 0. The number of benzene rings is 2. The van der Waals surface area contributed by atoms with Crippen molar-refractivity contribution in [2.45, 2.75) is 19.5 Å². The van der Waals surface area contributed by atoms with E-state index in [-0.39, 0.29) is 0 Å². The summed E-state index contributed by atoms with van der Waals surface area (Å²) in [5.41, 5.74) is 3.02. The van der Waals surface area contributed by atoms with E-state index in [0.29, 0.717) is 56.3 Å². The first-order valence-corrected chi connectivity index (χ1v) is 12.1. The van der Waals surface area contributed by atoms with E-state index in [9.17, 15) is 13.2 Å². The van der Waals surface area contributed by atoms with Gasteiger partial charge in [0.2, 0.25) is 5.88 Å². The number of rotatable bonds is 6. The second-order valence-corrected chi connectivity index (χ2v) is 9.05. The van der Waals surface area contributed by atoms with Crippen LogP contribution < -0.4 is 4.74 Å². The van der Waals surface area contributed by atoms with Gasteiger partial charge < -0.3 is 4.74 Å². The molecule has 0 aliphatic heterocycles. The third-order valence-electron chi connectivity index (χ3n) is 5.63. The molecule has 10 heteroatoms. The first-order valence-electron chi connectivity index (χ1n) is 11.4. The van der Waals surface area contributed by atoms with Crippen molar-refractivity contribution >= 4 is 28.8 Å². The van der Waals surface area contributed by atoms with Gasteiger partial charge in [-0.3, -0.25) is 4.98 Å². The average molecular weight is 543 g/mol. The number of hydrogen-bond acceptors (Lipinski definition) is 4. The second kappa shape index (κ2) is 10.0. The Bertz CT molecular complexity index is 1570. The van der Waals surface area contributed by atoms with Gasteiger partial charge in [-0.15, -0.1) is 0 Å². The molecule has 0 aliphatic carbocycles. The summed E-state index contributed by atoms with van der Waals surface area (Å²) in [7, 11) is 0. The maximum Gasteiger partial charge on any atom is 0.433 e. The molecule has 0 saturated heterocycles. The van der Waals surface area contributed by atoms with E-state index in [1.807, 2.05) is 37.3 Å². The molecule has 3 aromatic heterocycles. The standard InChI is InChI=1S/C27H19Cl2F3N4O/c1-2-13-37-23-14-21(17-9-12-22(33-15-17)27(30,31)32)36-26(34-23)24(16-7-10-18(28)11-8-16)25(35-36)19-5-3-4-6-20(19)29/h3-12,14-15H,2,13H2,1H3. The Hall–Kier alpha value is -3.62. The third kappa shape index (κ3) is 4.99. The first kappa shape index (κ1) is 25.0. The number of alkyl halides is 3. The van der Waals surface area contributed by atoms with Gasteiger partial charge in [-0.2, -0.15) is 23.3 Å². The molecule has 0 atom stereocenters. The normalized spacial score (nSPS) is 11.7. The molecule has 0 spiro atoms. The fourth-order valence-corrected chi connectivity index (χ4v) is 4.27.